The summed E-state index contributed by atoms with van der Waals surface area (Å²) in [5, 5.41) is 18.0. The second-order valence-corrected chi connectivity index (χ2v) is 5.83. The summed E-state index contributed by atoms with van der Waals surface area (Å²) < 4.78 is 0. The Balaban J connectivity index is 1.62. The van der Waals surface area contributed by atoms with Crippen LogP contribution in [0.25, 0.3) is 0 Å². The molecule has 1 aromatic rings. The second kappa shape index (κ2) is 4.33. The molecule has 0 radical (unpaired) electrons. The van der Waals surface area contributed by atoms with E-state index in [0.717, 1.165) is 26.2 Å². The monoisotopic (exact) mass is 260 g/mol. The summed E-state index contributed by atoms with van der Waals surface area (Å²) in [6.07, 6.45) is 0. The third-order valence-corrected chi connectivity index (χ3v) is 4.01. The first-order chi connectivity index (χ1) is 8.99. The Morgan fingerprint density at radius 3 is 2.21 bits per heavy atom. The summed E-state index contributed by atoms with van der Waals surface area (Å²) in [7, 11) is 0.608. The minimum Gasteiger partial charge on any atom is -0.423 e. The summed E-state index contributed by atoms with van der Waals surface area (Å²) in [5.41, 5.74) is 1.34. The number of benzene rings is 1. The van der Waals surface area contributed by atoms with E-state index >= 15 is 0 Å². The molecule has 2 fully saturated rings. The van der Waals surface area contributed by atoms with Gasteiger partial charge >= 0.3 is 7.12 Å². The fourth-order valence-electron chi connectivity index (χ4n) is 3.19. The molecule has 19 heavy (non-hydrogen) atoms. The van der Waals surface area contributed by atoms with Crippen molar-refractivity contribution >= 4 is 18.5 Å². The highest BCUT2D eigenvalue weighted by atomic mass is 16.4. The van der Waals surface area contributed by atoms with E-state index in [2.05, 4.69) is 11.9 Å². The molecule has 0 aliphatic carbocycles. The van der Waals surface area contributed by atoms with Gasteiger partial charge in [-0.3, -0.25) is 4.79 Å². The molecule has 100 valence electrons. The molecule has 1 aromatic carbocycles. The average molecular weight is 260 g/mol. The SMILES string of the molecule is CN1CC2(C1)CN(C(=O)c1ccc(B(O)O)cc1)C2. The van der Waals surface area contributed by atoms with Crippen molar-refractivity contribution in [2.45, 2.75) is 0 Å². The predicted octanol–water partition coefficient (Wildman–Crippen LogP) is -1.25. The molecule has 3 rings (SSSR count). The minimum atomic E-state index is -1.48. The highest BCUT2D eigenvalue weighted by Gasteiger charge is 2.51. The molecule has 5 nitrogen and oxygen atoms in total. The first-order valence-electron chi connectivity index (χ1n) is 6.43. The normalized spacial score (nSPS) is 20.9. The zero-order valence-corrected chi connectivity index (χ0v) is 10.9. The number of hydrogen-bond donors (Lipinski definition) is 2. The van der Waals surface area contributed by atoms with Crippen molar-refractivity contribution in [2.75, 3.05) is 33.2 Å². The Kier molecular flexibility index (Phi) is 2.89. The maximum Gasteiger partial charge on any atom is 0.488 e. The van der Waals surface area contributed by atoms with Crippen LogP contribution < -0.4 is 5.46 Å². The molecule has 2 aliphatic heterocycles. The van der Waals surface area contributed by atoms with Gasteiger partial charge in [0, 0.05) is 37.2 Å². The van der Waals surface area contributed by atoms with Gasteiger partial charge in [-0.2, -0.15) is 0 Å². The lowest BCUT2D eigenvalue weighted by molar-refractivity contribution is -0.0872. The molecule has 6 heteroatoms. The van der Waals surface area contributed by atoms with Crippen molar-refractivity contribution in [3.8, 4) is 0 Å². The van der Waals surface area contributed by atoms with Crippen LogP contribution in [-0.4, -0.2) is 66.1 Å². The summed E-state index contributed by atoms with van der Waals surface area (Å²) in [6.45, 7) is 3.82. The van der Waals surface area contributed by atoms with E-state index in [0.29, 0.717) is 16.4 Å². The zero-order chi connectivity index (χ0) is 13.6. The lowest BCUT2D eigenvalue weighted by Gasteiger charge is -2.59. The van der Waals surface area contributed by atoms with Gasteiger partial charge in [-0.15, -0.1) is 0 Å². The van der Waals surface area contributed by atoms with Crippen molar-refractivity contribution in [1.29, 1.82) is 0 Å². The van der Waals surface area contributed by atoms with E-state index in [-0.39, 0.29) is 5.91 Å². The van der Waals surface area contributed by atoms with Gasteiger partial charge in [-0.1, -0.05) is 12.1 Å². The predicted molar refractivity (Wildman–Crippen MR) is 72.1 cm³/mol. The minimum absolute atomic E-state index is 0.0270. The number of amides is 1. The number of hydrogen-bond acceptors (Lipinski definition) is 4. The maximum absolute atomic E-state index is 12.2. The topological polar surface area (TPSA) is 64.0 Å². The van der Waals surface area contributed by atoms with Gasteiger partial charge in [0.15, 0.2) is 0 Å². The number of likely N-dealkylation sites (tertiary alicyclic amines) is 2. The fraction of sp³-hybridized carbons (Fsp3) is 0.462. The summed E-state index contributed by atoms with van der Waals surface area (Å²) >= 11 is 0. The van der Waals surface area contributed by atoms with E-state index in [4.69, 9.17) is 10.0 Å². The Morgan fingerprint density at radius 2 is 1.74 bits per heavy atom. The Hall–Kier alpha value is -1.37. The Labute approximate surface area is 112 Å². The molecule has 2 aliphatic rings. The van der Waals surface area contributed by atoms with Crippen LogP contribution >= 0.6 is 0 Å². The van der Waals surface area contributed by atoms with E-state index in [9.17, 15) is 4.79 Å². The van der Waals surface area contributed by atoms with Crippen LogP contribution in [0.15, 0.2) is 24.3 Å². The van der Waals surface area contributed by atoms with Crippen LogP contribution in [0.1, 0.15) is 10.4 Å². The van der Waals surface area contributed by atoms with Gasteiger partial charge in [0.25, 0.3) is 5.91 Å². The first-order valence-corrected chi connectivity index (χ1v) is 6.43. The largest absolute Gasteiger partial charge is 0.488 e. The average Bonchev–Trinajstić information content (AvgIpc) is 2.31. The van der Waals surface area contributed by atoms with Crippen LogP contribution in [-0.2, 0) is 0 Å². The summed E-state index contributed by atoms with van der Waals surface area (Å²) in [5.74, 6) is 0.0270. The van der Waals surface area contributed by atoms with Crippen molar-refractivity contribution in [1.82, 2.24) is 9.80 Å². The summed E-state index contributed by atoms with van der Waals surface area (Å²) in [6, 6.07) is 6.44. The van der Waals surface area contributed by atoms with Crippen LogP contribution in [0, 0.1) is 5.41 Å². The van der Waals surface area contributed by atoms with Gasteiger partial charge in [-0.25, -0.2) is 0 Å². The van der Waals surface area contributed by atoms with Crippen molar-refractivity contribution < 1.29 is 14.8 Å². The highest BCUT2D eigenvalue weighted by molar-refractivity contribution is 6.58. The third-order valence-electron chi connectivity index (χ3n) is 4.01. The molecule has 0 bridgehead atoms. The van der Waals surface area contributed by atoms with E-state index in [1.54, 1.807) is 24.3 Å². The molecule has 2 saturated heterocycles. The van der Waals surface area contributed by atoms with Crippen LogP contribution in [0.4, 0.5) is 0 Å². The molecule has 0 aromatic heterocycles. The molecule has 0 saturated carbocycles. The van der Waals surface area contributed by atoms with Crippen molar-refractivity contribution in [3.63, 3.8) is 0 Å². The molecular formula is C13H17BN2O3. The number of nitrogens with zero attached hydrogens (tertiary/aromatic N) is 2. The van der Waals surface area contributed by atoms with Gasteiger partial charge in [0.2, 0.25) is 0 Å². The zero-order valence-electron chi connectivity index (χ0n) is 10.9. The quantitative estimate of drug-likeness (QED) is 0.652. The fourth-order valence-corrected chi connectivity index (χ4v) is 3.19. The number of carbonyl (C=O) groups excluding carboxylic acids is 1. The maximum atomic E-state index is 12.2. The smallest absolute Gasteiger partial charge is 0.423 e. The number of rotatable bonds is 2. The molecular weight excluding hydrogens is 243 g/mol. The highest BCUT2D eigenvalue weighted by Crippen LogP contribution is 2.39. The standard InChI is InChI=1S/C13H17BN2O3/c1-15-6-13(7-15)8-16(9-13)12(17)10-2-4-11(5-3-10)14(18)19/h2-5,18-19H,6-9H2,1H3. The molecule has 2 heterocycles. The number of carbonyl (C=O) groups is 1. The van der Waals surface area contributed by atoms with Crippen LogP contribution in [0.3, 0.4) is 0 Å². The molecule has 0 unspecified atom stereocenters. The van der Waals surface area contributed by atoms with Crippen molar-refractivity contribution in [2.24, 2.45) is 5.41 Å². The summed E-state index contributed by atoms with van der Waals surface area (Å²) in [4.78, 5) is 16.3. The molecule has 0 atom stereocenters. The Morgan fingerprint density at radius 1 is 1.16 bits per heavy atom. The van der Waals surface area contributed by atoms with E-state index < -0.39 is 7.12 Å². The van der Waals surface area contributed by atoms with Gasteiger partial charge in [0.05, 0.1) is 0 Å². The molecule has 1 amide bonds. The lowest BCUT2D eigenvalue weighted by Crippen LogP contribution is -2.72. The third kappa shape index (κ3) is 2.16. The van der Waals surface area contributed by atoms with Gasteiger partial charge in [0.1, 0.15) is 0 Å². The van der Waals surface area contributed by atoms with E-state index in [1.807, 2.05) is 4.90 Å². The second-order valence-electron chi connectivity index (χ2n) is 5.83. The van der Waals surface area contributed by atoms with Crippen molar-refractivity contribution in [3.05, 3.63) is 29.8 Å². The molecule has 2 N–H and O–H groups in total. The van der Waals surface area contributed by atoms with Crippen LogP contribution in [0.2, 0.25) is 0 Å². The van der Waals surface area contributed by atoms with Gasteiger partial charge < -0.3 is 19.8 Å². The van der Waals surface area contributed by atoms with E-state index in [1.165, 1.54) is 0 Å². The first kappa shape index (κ1) is 12.7. The Bertz CT molecular complexity index is 489. The molecule has 1 spiro atoms. The lowest BCUT2D eigenvalue weighted by atomic mass is 9.73. The van der Waals surface area contributed by atoms with Crippen LogP contribution in [0.5, 0.6) is 0 Å². The van der Waals surface area contributed by atoms with Gasteiger partial charge in [-0.05, 0) is 24.6 Å².